The SMILES string of the molecule is Nc1cccc(C(F)C2CCS(=O)(=O)C2)c1. The van der Waals surface area contributed by atoms with Gasteiger partial charge in [-0.05, 0) is 24.1 Å². The van der Waals surface area contributed by atoms with Gasteiger partial charge in [0.25, 0.3) is 0 Å². The maximum absolute atomic E-state index is 14.0. The van der Waals surface area contributed by atoms with Crippen molar-refractivity contribution in [3.63, 3.8) is 0 Å². The summed E-state index contributed by atoms with van der Waals surface area (Å²) in [5.41, 5.74) is 6.54. The normalized spacial score (nSPS) is 25.4. The van der Waals surface area contributed by atoms with Gasteiger partial charge in [-0.2, -0.15) is 0 Å². The third kappa shape index (κ3) is 2.35. The quantitative estimate of drug-likeness (QED) is 0.804. The number of rotatable bonds is 2. The van der Waals surface area contributed by atoms with Crippen LogP contribution in [0, 0.1) is 5.92 Å². The molecule has 5 heteroatoms. The van der Waals surface area contributed by atoms with Crippen molar-refractivity contribution in [3.05, 3.63) is 29.8 Å². The summed E-state index contributed by atoms with van der Waals surface area (Å²) in [5, 5.41) is 0. The van der Waals surface area contributed by atoms with E-state index in [1.54, 1.807) is 24.3 Å². The molecule has 1 heterocycles. The summed E-state index contributed by atoms with van der Waals surface area (Å²) >= 11 is 0. The topological polar surface area (TPSA) is 60.2 Å². The van der Waals surface area contributed by atoms with Crippen LogP contribution in [0.5, 0.6) is 0 Å². The Hall–Kier alpha value is -1.10. The van der Waals surface area contributed by atoms with E-state index in [9.17, 15) is 12.8 Å². The van der Waals surface area contributed by atoms with Crippen molar-refractivity contribution in [3.8, 4) is 0 Å². The maximum atomic E-state index is 14.0. The second-order valence-corrected chi connectivity index (χ2v) is 6.46. The van der Waals surface area contributed by atoms with Gasteiger partial charge in [-0.1, -0.05) is 12.1 Å². The Morgan fingerprint density at radius 3 is 2.75 bits per heavy atom. The van der Waals surface area contributed by atoms with Crippen molar-refractivity contribution in [2.75, 3.05) is 17.2 Å². The van der Waals surface area contributed by atoms with Gasteiger partial charge in [-0.25, -0.2) is 12.8 Å². The molecular formula is C11H14FNO2S. The van der Waals surface area contributed by atoms with E-state index in [-0.39, 0.29) is 11.5 Å². The molecule has 1 aliphatic rings. The van der Waals surface area contributed by atoms with Crippen molar-refractivity contribution < 1.29 is 12.8 Å². The van der Waals surface area contributed by atoms with E-state index in [2.05, 4.69) is 0 Å². The van der Waals surface area contributed by atoms with E-state index < -0.39 is 21.9 Å². The van der Waals surface area contributed by atoms with Crippen molar-refractivity contribution in [1.29, 1.82) is 0 Å². The van der Waals surface area contributed by atoms with Gasteiger partial charge < -0.3 is 5.73 Å². The third-order valence-electron chi connectivity index (χ3n) is 2.91. The molecule has 1 fully saturated rings. The van der Waals surface area contributed by atoms with Crippen LogP contribution in [0.15, 0.2) is 24.3 Å². The molecule has 1 aromatic rings. The molecule has 0 saturated carbocycles. The lowest BCUT2D eigenvalue weighted by Gasteiger charge is -2.14. The van der Waals surface area contributed by atoms with Gasteiger partial charge in [0.2, 0.25) is 0 Å². The highest BCUT2D eigenvalue weighted by molar-refractivity contribution is 7.91. The molecule has 0 bridgehead atoms. The van der Waals surface area contributed by atoms with E-state index in [4.69, 9.17) is 5.73 Å². The number of alkyl halides is 1. The first-order valence-corrected chi connectivity index (χ1v) is 7.00. The van der Waals surface area contributed by atoms with Gasteiger partial charge in [0, 0.05) is 11.6 Å². The average molecular weight is 243 g/mol. The first kappa shape index (κ1) is 11.4. The Morgan fingerprint density at radius 1 is 1.44 bits per heavy atom. The second-order valence-electron chi connectivity index (χ2n) is 4.24. The van der Waals surface area contributed by atoms with Crippen LogP contribution in [0.25, 0.3) is 0 Å². The molecule has 1 aliphatic heterocycles. The first-order chi connectivity index (χ1) is 7.48. The molecule has 2 unspecified atom stereocenters. The zero-order valence-electron chi connectivity index (χ0n) is 8.77. The standard InChI is InChI=1S/C11H14FNO2S/c12-11(8-2-1-3-10(13)6-8)9-4-5-16(14,15)7-9/h1-3,6,9,11H,4-5,7,13H2. The van der Waals surface area contributed by atoms with E-state index >= 15 is 0 Å². The number of anilines is 1. The summed E-state index contributed by atoms with van der Waals surface area (Å²) in [7, 11) is -3.03. The number of hydrogen-bond acceptors (Lipinski definition) is 3. The van der Waals surface area contributed by atoms with Crippen molar-refractivity contribution in [2.24, 2.45) is 5.92 Å². The number of nitrogens with two attached hydrogens (primary N) is 1. The number of benzene rings is 1. The van der Waals surface area contributed by atoms with Crippen LogP contribution in [0.1, 0.15) is 18.2 Å². The Balaban J connectivity index is 2.17. The molecule has 0 radical (unpaired) electrons. The van der Waals surface area contributed by atoms with Crippen LogP contribution in [-0.2, 0) is 9.84 Å². The van der Waals surface area contributed by atoms with Crippen LogP contribution in [0.2, 0.25) is 0 Å². The van der Waals surface area contributed by atoms with Crippen LogP contribution >= 0.6 is 0 Å². The molecular weight excluding hydrogens is 229 g/mol. The molecule has 0 spiro atoms. The lowest BCUT2D eigenvalue weighted by atomic mass is 9.96. The smallest absolute Gasteiger partial charge is 0.150 e. The minimum absolute atomic E-state index is 0.0526. The molecule has 3 nitrogen and oxygen atoms in total. The minimum Gasteiger partial charge on any atom is -0.399 e. The number of halogens is 1. The van der Waals surface area contributed by atoms with Crippen LogP contribution in [-0.4, -0.2) is 19.9 Å². The molecule has 0 aliphatic carbocycles. The molecule has 88 valence electrons. The Labute approximate surface area is 94.4 Å². The van der Waals surface area contributed by atoms with Crippen molar-refractivity contribution >= 4 is 15.5 Å². The largest absolute Gasteiger partial charge is 0.399 e. The summed E-state index contributed by atoms with van der Waals surface area (Å²) in [6, 6.07) is 6.57. The highest BCUT2D eigenvalue weighted by atomic mass is 32.2. The van der Waals surface area contributed by atoms with Gasteiger partial charge in [-0.15, -0.1) is 0 Å². The fourth-order valence-corrected chi connectivity index (χ4v) is 3.87. The lowest BCUT2D eigenvalue weighted by Crippen LogP contribution is -2.11. The summed E-state index contributed by atoms with van der Waals surface area (Å²) in [6.07, 6.45) is -0.834. The molecule has 0 amide bonds. The molecule has 0 aromatic heterocycles. The fourth-order valence-electron chi connectivity index (χ4n) is 2.06. The third-order valence-corrected chi connectivity index (χ3v) is 4.70. The summed E-state index contributed by atoms with van der Waals surface area (Å²) in [4.78, 5) is 0. The van der Waals surface area contributed by atoms with Gasteiger partial charge in [0.15, 0.2) is 9.84 Å². The van der Waals surface area contributed by atoms with Crippen LogP contribution in [0.4, 0.5) is 10.1 Å². The average Bonchev–Trinajstić information content (AvgIpc) is 2.58. The maximum Gasteiger partial charge on any atom is 0.150 e. The molecule has 16 heavy (non-hydrogen) atoms. The molecule has 1 aromatic carbocycles. The van der Waals surface area contributed by atoms with Crippen LogP contribution < -0.4 is 5.73 Å². The molecule has 2 N–H and O–H groups in total. The van der Waals surface area contributed by atoms with Crippen molar-refractivity contribution in [1.82, 2.24) is 0 Å². The van der Waals surface area contributed by atoms with Gasteiger partial charge >= 0.3 is 0 Å². The zero-order valence-corrected chi connectivity index (χ0v) is 9.58. The fraction of sp³-hybridized carbons (Fsp3) is 0.455. The van der Waals surface area contributed by atoms with Crippen molar-refractivity contribution in [2.45, 2.75) is 12.6 Å². The number of sulfone groups is 1. The Morgan fingerprint density at radius 2 is 2.19 bits per heavy atom. The lowest BCUT2D eigenvalue weighted by molar-refractivity contribution is 0.251. The van der Waals surface area contributed by atoms with Crippen LogP contribution in [0.3, 0.4) is 0 Å². The summed E-state index contributed by atoms with van der Waals surface area (Å²) in [6.45, 7) is 0. The number of hydrogen-bond donors (Lipinski definition) is 1. The molecule has 2 rings (SSSR count). The zero-order chi connectivity index (χ0) is 11.8. The first-order valence-electron chi connectivity index (χ1n) is 5.18. The van der Waals surface area contributed by atoms with Gasteiger partial charge in [0.05, 0.1) is 11.5 Å². The Kier molecular flexibility index (Phi) is 2.88. The van der Waals surface area contributed by atoms with E-state index in [1.165, 1.54) is 0 Å². The summed E-state index contributed by atoms with van der Waals surface area (Å²) < 4.78 is 36.5. The van der Waals surface area contributed by atoms with E-state index in [0.717, 1.165) is 0 Å². The highest BCUT2D eigenvalue weighted by Gasteiger charge is 2.34. The predicted octanol–water partition coefficient (Wildman–Crippen LogP) is 1.71. The molecule has 1 saturated heterocycles. The summed E-state index contributed by atoms with van der Waals surface area (Å²) in [5.74, 6) is -0.379. The second kappa shape index (κ2) is 4.05. The molecule has 2 atom stereocenters. The predicted molar refractivity (Wildman–Crippen MR) is 61.5 cm³/mol. The van der Waals surface area contributed by atoms with E-state index in [1.807, 2.05) is 0 Å². The van der Waals surface area contributed by atoms with Gasteiger partial charge in [-0.3, -0.25) is 0 Å². The highest BCUT2D eigenvalue weighted by Crippen LogP contribution is 2.34. The van der Waals surface area contributed by atoms with Gasteiger partial charge in [0.1, 0.15) is 6.17 Å². The Bertz CT molecular complexity index is 487. The monoisotopic (exact) mass is 243 g/mol. The van der Waals surface area contributed by atoms with E-state index in [0.29, 0.717) is 17.7 Å². The number of nitrogen functional groups attached to an aromatic ring is 1. The minimum atomic E-state index is -3.03.